The third kappa shape index (κ3) is 4.69. The Morgan fingerprint density at radius 1 is 1.17 bits per heavy atom. The lowest BCUT2D eigenvalue weighted by atomic mass is 10.0. The Hall–Kier alpha value is -2.76. The maximum Gasteiger partial charge on any atom is 0.341 e. The van der Waals surface area contributed by atoms with Crippen molar-refractivity contribution in [2.75, 3.05) is 13.2 Å². The van der Waals surface area contributed by atoms with Gasteiger partial charge in [-0.1, -0.05) is 60.2 Å². The van der Waals surface area contributed by atoms with Crippen molar-refractivity contribution in [1.29, 1.82) is 0 Å². The average molecular weight is 419 g/mol. The van der Waals surface area contributed by atoms with Gasteiger partial charge in [0, 0.05) is 30.7 Å². The first-order valence-electron chi connectivity index (χ1n) is 10.3. The Kier molecular flexibility index (Phi) is 6.41. The number of aliphatic imine (C=N–C) groups is 1. The molecule has 4 rings (SSSR count). The molecule has 0 N–H and O–H groups in total. The highest BCUT2D eigenvalue weighted by Crippen LogP contribution is 2.39. The van der Waals surface area contributed by atoms with Gasteiger partial charge in [0.05, 0.1) is 12.2 Å². The summed E-state index contributed by atoms with van der Waals surface area (Å²) in [5.41, 5.74) is 5.30. The lowest BCUT2D eigenvalue weighted by molar-refractivity contribution is 0.0526. The van der Waals surface area contributed by atoms with Crippen LogP contribution in [0.25, 0.3) is 0 Å². The van der Waals surface area contributed by atoms with Gasteiger partial charge in [-0.25, -0.2) is 9.79 Å². The number of hydrogen-bond donors (Lipinski definition) is 0. The molecule has 154 valence electrons. The average Bonchev–Trinajstić information content (AvgIpc) is 3.12. The Morgan fingerprint density at radius 2 is 1.93 bits per heavy atom. The van der Waals surface area contributed by atoms with Gasteiger partial charge < -0.3 is 4.74 Å². The summed E-state index contributed by atoms with van der Waals surface area (Å²) < 4.78 is 5.36. The maximum absolute atomic E-state index is 12.7. The van der Waals surface area contributed by atoms with Crippen molar-refractivity contribution in [3.8, 4) is 0 Å². The van der Waals surface area contributed by atoms with E-state index in [4.69, 9.17) is 9.73 Å². The number of esters is 1. The zero-order valence-electron chi connectivity index (χ0n) is 17.4. The summed E-state index contributed by atoms with van der Waals surface area (Å²) in [5.74, 6) is -0.262. The van der Waals surface area contributed by atoms with Crippen molar-refractivity contribution >= 4 is 28.5 Å². The number of thiophene rings is 1. The molecular formula is C25H26N2O2S. The molecule has 4 nitrogen and oxygen atoms in total. The van der Waals surface area contributed by atoms with Crippen LogP contribution in [0.5, 0.6) is 0 Å². The van der Waals surface area contributed by atoms with Gasteiger partial charge >= 0.3 is 5.97 Å². The Morgan fingerprint density at radius 3 is 2.67 bits per heavy atom. The molecule has 0 spiro atoms. The predicted molar refractivity (Wildman–Crippen MR) is 123 cm³/mol. The summed E-state index contributed by atoms with van der Waals surface area (Å²) >= 11 is 1.61. The number of benzene rings is 2. The number of carbonyl (C=O) groups is 1. The SMILES string of the molecule is CCOC(=O)c1c(N=Cc2ccc(C)cc2)sc2c1CCN(Cc1ccccc1)C2. The molecule has 2 heterocycles. The van der Waals surface area contributed by atoms with Crippen molar-refractivity contribution in [1.82, 2.24) is 4.90 Å². The molecule has 1 aromatic heterocycles. The molecule has 0 radical (unpaired) electrons. The van der Waals surface area contributed by atoms with Gasteiger partial charge in [0.1, 0.15) is 5.00 Å². The summed E-state index contributed by atoms with van der Waals surface area (Å²) in [4.78, 5) is 21.1. The fourth-order valence-electron chi connectivity index (χ4n) is 3.71. The number of rotatable bonds is 6. The molecule has 1 aliphatic heterocycles. The third-order valence-corrected chi connectivity index (χ3v) is 6.38. The largest absolute Gasteiger partial charge is 0.462 e. The number of carbonyl (C=O) groups excluding carboxylic acids is 1. The van der Waals surface area contributed by atoms with Gasteiger partial charge in [-0.15, -0.1) is 11.3 Å². The van der Waals surface area contributed by atoms with Gasteiger partial charge in [-0.3, -0.25) is 4.90 Å². The van der Waals surface area contributed by atoms with Crippen LogP contribution < -0.4 is 0 Å². The van der Waals surface area contributed by atoms with Crippen LogP contribution in [0.1, 0.15) is 44.4 Å². The van der Waals surface area contributed by atoms with E-state index < -0.39 is 0 Å². The topological polar surface area (TPSA) is 41.9 Å². The second-order valence-corrected chi connectivity index (χ2v) is 8.60. The molecule has 0 bridgehead atoms. The Labute approximate surface area is 181 Å². The van der Waals surface area contributed by atoms with Gasteiger partial charge in [0.2, 0.25) is 0 Å². The molecule has 0 amide bonds. The first-order valence-corrected chi connectivity index (χ1v) is 11.1. The van der Waals surface area contributed by atoms with E-state index in [9.17, 15) is 4.79 Å². The Balaban J connectivity index is 1.60. The standard InChI is InChI=1S/C25H26N2O2S/c1-3-29-25(28)23-21-13-14-27(16-20-7-5-4-6-8-20)17-22(21)30-24(23)26-15-19-11-9-18(2)10-12-19/h4-12,15H,3,13-14,16-17H2,1-2H3. The summed E-state index contributed by atoms with van der Waals surface area (Å²) in [6.45, 7) is 6.94. The molecule has 0 atom stereocenters. The van der Waals surface area contributed by atoms with Crippen molar-refractivity contribution in [3.05, 3.63) is 87.3 Å². The summed E-state index contributed by atoms with van der Waals surface area (Å²) in [6.07, 6.45) is 2.67. The summed E-state index contributed by atoms with van der Waals surface area (Å²) in [6, 6.07) is 18.7. The minimum absolute atomic E-state index is 0.262. The van der Waals surface area contributed by atoms with Crippen molar-refractivity contribution in [2.45, 2.75) is 33.4 Å². The monoisotopic (exact) mass is 418 g/mol. The number of hydrogen-bond acceptors (Lipinski definition) is 5. The molecule has 0 saturated heterocycles. The molecule has 0 unspecified atom stereocenters. The predicted octanol–water partition coefficient (Wildman–Crippen LogP) is 5.54. The molecule has 30 heavy (non-hydrogen) atoms. The molecule has 0 aliphatic carbocycles. The fraction of sp³-hybridized carbons (Fsp3) is 0.280. The molecule has 0 fully saturated rings. The van der Waals surface area contributed by atoms with Gasteiger partial charge in [0.25, 0.3) is 0 Å². The highest BCUT2D eigenvalue weighted by Gasteiger charge is 2.28. The van der Waals surface area contributed by atoms with Crippen LogP contribution in [0.15, 0.2) is 59.6 Å². The lowest BCUT2D eigenvalue weighted by Crippen LogP contribution is -2.29. The van der Waals surface area contributed by atoms with Crippen LogP contribution in [-0.4, -0.2) is 30.2 Å². The number of aryl methyl sites for hydroxylation is 1. The Bertz CT molecular complexity index is 1040. The summed E-state index contributed by atoms with van der Waals surface area (Å²) in [5, 5.41) is 0.751. The lowest BCUT2D eigenvalue weighted by Gasteiger charge is -2.27. The third-order valence-electron chi connectivity index (χ3n) is 5.25. The first kappa shape index (κ1) is 20.5. The van der Waals surface area contributed by atoms with E-state index in [1.54, 1.807) is 11.3 Å². The van der Waals surface area contributed by atoms with Crippen LogP contribution >= 0.6 is 11.3 Å². The van der Waals surface area contributed by atoms with Crippen molar-refractivity contribution in [2.24, 2.45) is 4.99 Å². The quantitative estimate of drug-likeness (QED) is 0.390. The number of fused-ring (bicyclic) bond motifs is 1. The molecule has 5 heteroatoms. The maximum atomic E-state index is 12.7. The van der Waals surface area contributed by atoms with E-state index in [0.717, 1.165) is 42.2 Å². The second-order valence-electron chi connectivity index (χ2n) is 7.52. The van der Waals surface area contributed by atoms with Gasteiger partial charge in [-0.05, 0) is 37.0 Å². The van der Waals surface area contributed by atoms with E-state index in [-0.39, 0.29) is 5.97 Å². The number of nitrogens with zero attached hydrogens (tertiary/aromatic N) is 2. The second kappa shape index (κ2) is 9.37. The normalized spacial score (nSPS) is 14.1. The molecule has 3 aromatic rings. The highest BCUT2D eigenvalue weighted by molar-refractivity contribution is 7.16. The van der Waals surface area contributed by atoms with Gasteiger partial charge in [-0.2, -0.15) is 0 Å². The molecule has 0 saturated carbocycles. The van der Waals surface area contributed by atoms with E-state index in [1.807, 2.05) is 31.3 Å². The fourth-order valence-corrected chi connectivity index (χ4v) is 4.93. The van der Waals surface area contributed by atoms with E-state index in [0.29, 0.717) is 12.2 Å². The zero-order valence-corrected chi connectivity index (χ0v) is 18.2. The minimum atomic E-state index is -0.262. The summed E-state index contributed by atoms with van der Waals surface area (Å²) in [7, 11) is 0. The van der Waals surface area contributed by atoms with E-state index in [2.05, 4.69) is 48.2 Å². The highest BCUT2D eigenvalue weighted by atomic mass is 32.1. The molecule has 2 aromatic carbocycles. The van der Waals surface area contributed by atoms with Crippen molar-refractivity contribution < 1.29 is 9.53 Å². The van der Waals surface area contributed by atoms with E-state index >= 15 is 0 Å². The molecular weight excluding hydrogens is 392 g/mol. The molecule has 1 aliphatic rings. The first-order chi connectivity index (χ1) is 14.6. The minimum Gasteiger partial charge on any atom is -0.462 e. The van der Waals surface area contributed by atoms with Crippen LogP contribution in [-0.2, 0) is 24.2 Å². The smallest absolute Gasteiger partial charge is 0.341 e. The van der Waals surface area contributed by atoms with Crippen LogP contribution in [0.2, 0.25) is 0 Å². The van der Waals surface area contributed by atoms with Crippen LogP contribution in [0.3, 0.4) is 0 Å². The van der Waals surface area contributed by atoms with Gasteiger partial charge in [0.15, 0.2) is 0 Å². The van der Waals surface area contributed by atoms with Crippen molar-refractivity contribution in [3.63, 3.8) is 0 Å². The van der Waals surface area contributed by atoms with Crippen LogP contribution in [0, 0.1) is 6.92 Å². The zero-order chi connectivity index (χ0) is 20.9. The van der Waals surface area contributed by atoms with Crippen LogP contribution in [0.4, 0.5) is 5.00 Å². The van der Waals surface area contributed by atoms with E-state index in [1.165, 1.54) is 16.0 Å². The number of ether oxygens (including phenoxy) is 1.